The number of rotatable bonds is 4. The number of benzene rings is 1. The van der Waals surface area contributed by atoms with E-state index in [-0.39, 0.29) is 28.1 Å². The summed E-state index contributed by atoms with van der Waals surface area (Å²) < 4.78 is 6.42. The number of nitrogens with zero attached hydrogens (tertiary/aromatic N) is 4. The lowest BCUT2D eigenvalue weighted by molar-refractivity contribution is -0.114. The highest BCUT2D eigenvalue weighted by Crippen LogP contribution is 2.35. The molecule has 0 unspecified atom stereocenters. The molecule has 9 nitrogen and oxygen atoms in total. The summed E-state index contributed by atoms with van der Waals surface area (Å²) in [5.41, 5.74) is 0.370. The second-order valence-electron chi connectivity index (χ2n) is 4.27. The topological polar surface area (TPSA) is 111 Å². The Morgan fingerprint density at radius 3 is 2.59 bits per heavy atom. The van der Waals surface area contributed by atoms with Crippen LogP contribution >= 0.6 is 11.6 Å². The van der Waals surface area contributed by atoms with Crippen molar-refractivity contribution >= 4 is 35.1 Å². The minimum absolute atomic E-state index is 0.0576. The van der Waals surface area contributed by atoms with Crippen LogP contribution in [-0.2, 0) is 11.8 Å². The van der Waals surface area contributed by atoms with E-state index < -0.39 is 5.91 Å². The predicted molar refractivity (Wildman–Crippen MR) is 79.1 cm³/mol. The molecule has 0 aliphatic rings. The lowest BCUT2D eigenvalue weighted by Crippen LogP contribution is -2.17. The first-order valence-corrected chi connectivity index (χ1v) is 6.49. The number of carbonyl (C=O) groups is 2. The summed E-state index contributed by atoms with van der Waals surface area (Å²) in [4.78, 5) is 23.5. The first-order chi connectivity index (χ1) is 10.4. The highest BCUT2D eigenvalue weighted by atomic mass is 35.5. The second-order valence-corrected chi connectivity index (χ2v) is 4.64. The molecule has 1 heterocycles. The van der Waals surface area contributed by atoms with Gasteiger partial charge in [0.1, 0.15) is 11.4 Å². The Morgan fingerprint density at radius 1 is 1.32 bits per heavy atom. The molecule has 2 aromatic rings. The van der Waals surface area contributed by atoms with Gasteiger partial charge >= 0.3 is 0 Å². The van der Waals surface area contributed by atoms with Gasteiger partial charge in [0.05, 0.1) is 17.7 Å². The Hall–Kier alpha value is -2.68. The Morgan fingerprint density at radius 2 is 2.05 bits per heavy atom. The van der Waals surface area contributed by atoms with Crippen LogP contribution in [0.25, 0.3) is 0 Å². The van der Waals surface area contributed by atoms with Crippen LogP contribution < -0.4 is 15.4 Å². The van der Waals surface area contributed by atoms with Gasteiger partial charge in [-0.05, 0) is 22.6 Å². The maximum Gasteiger partial charge on any atom is 0.259 e. The number of aryl methyl sites for hydroxylation is 1. The van der Waals surface area contributed by atoms with Crippen molar-refractivity contribution in [3.63, 3.8) is 0 Å². The fourth-order valence-corrected chi connectivity index (χ4v) is 1.99. The van der Waals surface area contributed by atoms with Crippen LogP contribution in [0.3, 0.4) is 0 Å². The fourth-order valence-electron chi connectivity index (χ4n) is 1.70. The van der Waals surface area contributed by atoms with E-state index in [1.54, 1.807) is 7.05 Å². The summed E-state index contributed by atoms with van der Waals surface area (Å²) in [7, 11) is 3.01. The van der Waals surface area contributed by atoms with Crippen molar-refractivity contribution in [2.24, 2.45) is 7.05 Å². The molecule has 0 bridgehead atoms. The lowest BCUT2D eigenvalue weighted by Gasteiger charge is -2.13. The molecule has 116 valence electrons. The van der Waals surface area contributed by atoms with Crippen molar-refractivity contribution in [1.29, 1.82) is 0 Å². The molecule has 0 spiro atoms. The van der Waals surface area contributed by atoms with Crippen LogP contribution in [0.15, 0.2) is 12.1 Å². The standard InChI is InChI=1S/C12H13ClN6O3/c1-6(20)14-10-8(22-3)5-4-7(9(10)13)11(21)15-12-16-17-18-19(12)2/h4-5H,1-3H3,(H,14,20)(H,15,16,18,21). The molecular formula is C12H13ClN6O3. The first kappa shape index (κ1) is 15.7. The molecule has 0 saturated heterocycles. The minimum atomic E-state index is -0.517. The van der Waals surface area contributed by atoms with E-state index in [2.05, 4.69) is 26.2 Å². The van der Waals surface area contributed by atoms with E-state index in [9.17, 15) is 9.59 Å². The van der Waals surface area contributed by atoms with Crippen molar-refractivity contribution in [3.8, 4) is 5.75 Å². The molecule has 0 fully saturated rings. The molecule has 1 aromatic heterocycles. The number of carbonyl (C=O) groups excluding carboxylic acids is 2. The average molecular weight is 325 g/mol. The van der Waals surface area contributed by atoms with Crippen molar-refractivity contribution in [1.82, 2.24) is 20.2 Å². The van der Waals surface area contributed by atoms with Crippen LogP contribution in [0.2, 0.25) is 5.02 Å². The number of tetrazole rings is 1. The van der Waals surface area contributed by atoms with Gasteiger partial charge in [-0.3, -0.25) is 14.9 Å². The predicted octanol–water partition coefficient (Wildman–Crippen LogP) is 1.08. The third-order valence-corrected chi connectivity index (χ3v) is 3.11. The maximum atomic E-state index is 12.3. The molecule has 0 aliphatic heterocycles. The molecule has 2 amide bonds. The normalized spacial score (nSPS) is 10.2. The molecule has 22 heavy (non-hydrogen) atoms. The Labute approximate surface area is 130 Å². The second kappa shape index (κ2) is 6.39. The number of aromatic nitrogens is 4. The van der Waals surface area contributed by atoms with Crippen molar-refractivity contribution in [2.75, 3.05) is 17.7 Å². The number of amides is 2. The van der Waals surface area contributed by atoms with Crippen LogP contribution in [0, 0.1) is 0 Å². The molecule has 10 heteroatoms. The molecule has 0 aliphatic carbocycles. The third-order valence-electron chi connectivity index (χ3n) is 2.71. The van der Waals surface area contributed by atoms with Crippen LogP contribution in [0.1, 0.15) is 17.3 Å². The van der Waals surface area contributed by atoms with Gasteiger partial charge < -0.3 is 10.1 Å². The van der Waals surface area contributed by atoms with Crippen LogP contribution in [0.4, 0.5) is 11.6 Å². The quantitative estimate of drug-likeness (QED) is 0.870. The molecule has 0 radical (unpaired) electrons. The number of ether oxygens (including phenoxy) is 1. The first-order valence-electron chi connectivity index (χ1n) is 6.11. The van der Waals surface area contributed by atoms with Gasteiger partial charge in [-0.1, -0.05) is 16.7 Å². The van der Waals surface area contributed by atoms with E-state index in [1.165, 1.54) is 30.8 Å². The van der Waals surface area contributed by atoms with E-state index in [1.807, 2.05) is 0 Å². The highest BCUT2D eigenvalue weighted by Gasteiger charge is 2.19. The summed E-state index contributed by atoms with van der Waals surface area (Å²) in [6.45, 7) is 1.33. The van der Waals surface area contributed by atoms with Gasteiger partial charge in [0.15, 0.2) is 0 Å². The summed E-state index contributed by atoms with van der Waals surface area (Å²) in [6, 6.07) is 3.01. The summed E-state index contributed by atoms with van der Waals surface area (Å²) in [5, 5.41) is 15.8. The van der Waals surface area contributed by atoms with Crippen LogP contribution in [0.5, 0.6) is 5.75 Å². The zero-order chi connectivity index (χ0) is 16.3. The molecular weight excluding hydrogens is 312 g/mol. The maximum absolute atomic E-state index is 12.3. The SMILES string of the molecule is COc1ccc(C(=O)Nc2nnnn2C)c(Cl)c1NC(C)=O. The van der Waals surface area contributed by atoms with E-state index in [0.29, 0.717) is 5.75 Å². The van der Waals surface area contributed by atoms with Gasteiger partial charge in [0.2, 0.25) is 11.9 Å². The number of hydrogen-bond acceptors (Lipinski definition) is 6. The Kier molecular flexibility index (Phi) is 4.56. The van der Waals surface area contributed by atoms with Gasteiger partial charge in [-0.25, -0.2) is 4.68 Å². The zero-order valence-electron chi connectivity index (χ0n) is 12.0. The van der Waals surface area contributed by atoms with Gasteiger partial charge in [0, 0.05) is 14.0 Å². The monoisotopic (exact) mass is 324 g/mol. The lowest BCUT2D eigenvalue weighted by atomic mass is 10.1. The van der Waals surface area contributed by atoms with E-state index in [4.69, 9.17) is 16.3 Å². The highest BCUT2D eigenvalue weighted by molar-refractivity contribution is 6.37. The van der Waals surface area contributed by atoms with Gasteiger partial charge in [0.25, 0.3) is 5.91 Å². The summed E-state index contributed by atoms with van der Waals surface area (Å²) >= 11 is 6.20. The number of nitrogens with one attached hydrogen (secondary N) is 2. The molecule has 1 aromatic carbocycles. The van der Waals surface area contributed by atoms with Crippen molar-refractivity contribution < 1.29 is 14.3 Å². The number of methoxy groups -OCH3 is 1. The van der Waals surface area contributed by atoms with Crippen molar-refractivity contribution in [3.05, 3.63) is 22.7 Å². The summed E-state index contributed by atoms with van der Waals surface area (Å²) in [5.74, 6) is -0.345. The number of hydrogen-bond donors (Lipinski definition) is 2. The third kappa shape index (κ3) is 3.14. The van der Waals surface area contributed by atoms with Crippen molar-refractivity contribution in [2.45, 2.75) is 6.92 Å². The molecule has 0 atom stereocenters. The average Bonchev–Trinajstić information content (AvgIpc) is 2.85. The molecule has 2 rings (SSSR count). The van der Waals surface area contributed by atoms with Gasteiger partial charge in [-0.15, -0.1) is 0 Å². The molecule has 0 saturated carbocycles. The Bertz CT molecular complexity index is 730. The number of halogens is 1. The molecule has 2 N–H and O–H groups in total. The number of anilines is 2. The minimum Gasteiger partial charge on any atom is -0.495 e. The van der Waals surface area contributed by atoms with E-state index >= 15 is 0 Å². The Balaban J connectivity index is 2.36. The summed E-state index contributed by atoms with van der Waals surface area (Å²) in [6.07, 6.45) is 0. The van der Waals surface area contributed by atoms with Crippen LogP contribution in [-0.4, -0.2) is 39.1 Å². The van der Waals surface area contributed by atoms with E-state index in [0.717, 1.165) is 0 Å². The largest absolute Gasteiger partial charge is 0.495 e. The zero-order valence-corrected chi connectivity index (χ0v) is 12.8. The fraction of sp³-hybridized carbons (Fsp3) is 0.250. The van der Waals surface area contributed by atoms with Gasteiger partial charge in [-0.2, -0.15) is 0 Å². The smallest absolute Gasteiger partial charge is 0.259 e.